The van der Waals surface area contributed by atoms with Gasteiger partial charge in [0.1, 0.15) is 5.03 Å². The molecular formula is C20H18N6OS. The molecule has 3 N–H and O–H groups in total. The molecule has 2 heterocycles. The van der Waals surface area contributed by atoms with Crippen LogP contribution in [0.3, 0.4) is 0 Å². The van der Waals surface area contributed by atoms with Crippen molar-refractivity contribution < 1.29 is 4.79 Å². The number of carbonyl (C=O) groups excluding carboxylic acids is 1. The Labute approximate surface area is 166 Å². The van der Waals surface area contributed by atoms with Gasteiger partial charge in [0, 0.05) is 34.7 Å². The van der Waals surface area contributed by atoms with E-state index >= 15 is 0 Å². The van der Waals surface area contributed by atoms with Crippen LogP contribution in [0.25, 0.3) is 10.9 Å². The maximum atomic E-state index is 11.2. The molecular weight excluding hydrogens is 372 g/mol. The fourth-order valence-electron chi connectivity index (χ4n) is 2.70. The first-order valence-corrected chi connectivity index (χ1v) is 9.50. The summed E-state index contributed by atoms with van der Waals surface area (Å²) in [4.78, 5) is 21.5. The number of amides is 1. The van der Waals surface area contributed by atoms with Crippen LogP contribution in [0.15, 0.2) is 64.5 Å². The quantitative estimate of drug-likeness (QED) is 0.434. The summed E-state index contributed by atoms with van der Waals surface area (Å²) in [7, 11) is 0. The van der Waals surface area contributed by atoms with Gasteiger partial charge < -0.3 is 10.6 Å². The van der Waals surface area contributed by atoms with Crippen LogP contribution in [0.5, 0.6) is 0 Å². The number of aromatic nitrogens is 4. The number of H-pyrrole nitrogens is 1. The van der Waals surface area contributed by atoms with Crippen LogP contribution in [0.4, 0.5) is 17.5 Å². The fraction of sp³-hybridized carbons (Fsp3) is 0.100. The van der Waals surface area contributed by atoms with E-state index in [1.165, 1.54) is 6.92 Å². The maximum Gasteiger partial charge on any atom is 0.230 e. The first kappa shape index (κ1) is 18.0. The predicted molar refractivity (Wildman–Crippen MR) is 111 cm³/mol. The minimum absolute atomic E-state index is 0.0912. The third kappa shape index (κ3) is 4.12. The number of rotatable bonds is 5. The van der Waals surface area contributed by atoms with Crippen LogP contribution in [-0.4, -0.2) is 26.1 Å². The van der Waals surface area contributed by atoms with Crippen molar-refractivity contribution in [3.63, 3.8) is 0 Å². The number of fused-ring (bicyclic) bond motifs is 1. The van der Waals surface area contributed by atoms with Crippen molar-refractivity contribution in [1.82, 2.24) is 20.2 Å². The van der Waals surface area contributed by atoms with Crippen LogP contribution in [0, 0.1) is 6.92 Å². The van der Waals surface area contributed by atoms with E-state index < -0.39 is 0 Å². The van der Waals surface area contributed by atoms with Crippen LogP contribution in [-0.2, 0) is 4.79 Å². The number of carbonyl (C=O) groups is 1. The molecule has 1 amide bonds. The van der Waals surface area contributed by atoms with Crippen LogP contribution >= 0.6 is 11.8 Å². The molecule has 140 valence electrons. The summed E-state index contributed by atoms with van der Waals surface area (Å²) in [6, 6.07) is 17.4. The molecule has 0 atom stereocenters. The van der Waals surface area contributed by atoms with Gasteiger partial charge in [0.15, 0.2) is 5.82 Å². The molecule has 4 rings (SSSR count). The molecule has 28 heavy (non-hydrogen) atoms. The second-order valence-electron chi connectivity index (χ2n) is 6.24. The molecule has 4 aromatic rings. The Morgan fingerprint density at radius 1 is 1.07 bits per heavy atom. The Morgan fingerprint density at radius 3 is 2.57 bits per heavy atom. The van der Waals surface area contributed by atoms with Crippen LogP contribution in [0.2, 0.25) is 0 Å². The van der Waals surface area contributed by atoms with E-state index in [2.05, 4.69) is 30.8 Å². The lowest BCUT2D eigenvalue weighted by Crippen LogP contribution is -2.05. The number of aromatic amines is 1. The Kier molecular flexibility index (Phi) is 4.94. The summed E-state index contributed by atoms with van der Waals surface area (Å²) in [5.74, 6) is 1.07. The van der Waals surface area contributed by atoms with E-state index in [0.717, 1.165) is 32.2 Å². The van der Waals surface area contributed by atoms with Crippen LogP contribution in [0.1, 0.15) is 12.6 Å². The molecule has 0 bridgehead atoms. The molecule has 2 aromatic carbocycles. The smallest absolute Gasteiger partial charge is 0.230 e. The van der Waals surface area contributed by atoms with Gasteiger partial charge in [-0.05, 0) is 37.3 Å². The summed E-state index contributed by atoms with van der Waals surface area (Å²) in [6.45, 7) is 3.43. The molecule has 8 heteroatoms. The zero-order valence-electron chi connectivity index (χ0n) is 15.4. The van der Waals surface area contributed by atoms with E-state index in [1.807, 2.05) is 61.5 Å². The minimum Gasteiger partial charge on any atom is -0.326 e. The van der Waals surface area contributed by atoms with E-state index in [4.69, 9.17) is 0 Å². The van der Waals surface area contributed by atoms with Crippen molar-refractivity contribution in [1.29, 1.82) is 0 Å². The molecule has 0 aliphatic rings. The molecule has 7 nitrogen and oxygen atoms in total. The van der Waals surface area contributed by atoms with Gasteiger partial charge in [-0.1, -0.05) is 30.0 Å². The largest absolute Gasteiger partial charge is 0.326 e. The third-order valence-corrected chi connectivity index (χ3v) is 4.92. The molecule has 0 saturated heterocycles. The zero-order valence-corrected chi connectivity index (χ0v) is 16.2. The van der Waals surface area contributed by atoms with Crippen molar-refractivity contribution in [3.8, 4) is 0 Å². The first-order chi connectivity index (χ1) is 13.6. The lowest BCUT2D eigenvalue weighted by molar-refractivity contribution is -0.114. The van der Waals surface area contributed by atoms with Gasteiger partial charge in [0.25, 0.3) is 0 Å². The SMILES string of the molecule is CC(=O)Nc1ccc(Sc2nc(Nc3cc(C)[nH]n3)nc3ccccc23)cc1. The van der Waals surface area contributed by atoms with Crippen molar-refractivity contribution in [2.45, 2.75) is 23.8 Å². The average molecular weight is 390 g/mol. The number of hydrogen-bond acceptors (Lipinski definition) is 6. The van der Waals surface area contributed by atoms with E-state index in [-0.39, 0.29) is 5.91 Å². The van der Waals surface area contributed by atoms with Crippen molar-refractivity contribution in [3.05, 3.63) is 60.3 Å². The summed E-state index contributed by atoms with van der Waals surface area (Å²) in [5, 5.41) is 14.8. The molecule has 0 aliphatic carbocycles. The molecule has 0 unspecified atom stereocenters. The Morgan fingerprint density at radius 2 is 1.86 bits per heavy atom. The summed E-state index contributed by atoms with van der Waals surface area (Å²) < 4.78 is 0. The molecule has 0 spiro atoms. The van der Waals surface area contributed by atoms with Crippen LogP contribution < -0.4 is 10.6 Å². The Hall–Kier alpha value is -3.39. The van der Waals surface area contributed by atoms with E-state index in [1.54, 1.807) is 11.8 Å². The molecule has 0 fully saturated rings. The van der Waals surface area contributed by atoms with Gasteiger partial charge >= 0.3 is 0 Å². The van der Waals surface area contributed by atoms with Crippen molar-refractivity contribution in [2.75, 3.05) is 10.6 Å². The van der Waals surface area contributed by atoms with Gasteiger partial charge in [-0.2, -0.15) is 5.10 Å². The molecule has 0 radical (unpaired) electrons. The number of aryl methyl sites for hydroxylation is 1. The second kappa shape index (κ2) is 7.69. The average Bonchev–Trinajstić information content (AvgIpc) is 3.07. The number of anilines is 3. The van der Waals surface area contributed by atoms with Gasteiger partial charge in [0.2, 0.25) is 11.9 Å². The second-order valence-corrected chi connectivity index (χ2v) is 7.30. The zero-order chi connectivity index (χ0) is 19.5. The third-order valence-electron chi connectivity index (χ3n) is 3.90. The number of nitrogens with zero attached hydrogens (tertiary/aromatic N) is 3. The van der Waals surface area contributed by atoms with E-state index in [9.17, 15) is 4.79 Å². The maximum absolute atomic E-state index is 11.2. The summed E-state index contributed by atoms with van der Waals surface area (Å²) >= 11 is 1.54. The standard InChI is InChI=1S/C20H18N6OS/c1-12-11-18(26-25-12)23-20-22-17-6-4-3-5-16(17)19(24-20)28-15-9-7-14(8-10-15)21-13(2)27/h3-11H,1-2H3,(H,21,27)(H2,22,23,24,25,26). The van der Waals surface area contributed by atoms with Gasteiger partial charge in [-0.25, -0.2) is 9.97 Å². The number of para-hydroxylation sites is 1. The Balaban J connectivity index is 1.65. The predicted octanol–water partition coefficient (Wildman–Crippen LogP) is 4.51. The summed E-state index contributed by atoms with van der Waals surface area (Å²) in [5.41, 5.74) is 2.57. The normalized spacial score (nSPS) is 10.8. The molecule has 2 aromatic heterocycles. The van der Waals surface area contributed by atoms with Crippen molar-refractivity contribution in [2.24, 2.45) is 0 Å². The molecule has 0 saturated carbocycles. The lowest BCUT2D eigenvalue weighted by Gasteiger charge is -2.09. The first-order valence-electron chi connectivity index (χ1n) is 8.68. The van der Waals surface area contributed by atoms with Crippen molar-refractivity contribution >= 4 is 46.0 Å². The highest BCUT2D eigenvalue weighted by molar-refractivity contribution is 7.99. The van der Waals surface area contributed by atoms with Gasteiger partial charge in [-0.3, -0.25) is 9.89 Å². The number of nitrogens with one attached hydrogen (secondary N) is 3. The highest BCUT2D eigenvalue weighted by atomic mass is 32.2. The van der Waals surface area contributed by atoms with Gasteiger partial charge in [0.05, 0.1) is 5.52 Å². The fourth-order valence-corrected chi connectivity index (χ4v) is 3.61. The van der Waals surface area contributed by atoms with Gasteiger partial charge in [-0.15, -0.1) is 0 Å². The monoisotopic (exact) mass is 390 g/mol. The lowest BCUT2D eigenvalue weighted by atomic mass is 10.2. The van der Waals surface area contributed by atoms with E-state index in [0.29, 0.717) is 11.8 Å². The summed E-state index contributed by atoms with van der Waals surface area (Å²) in [6.07, 6.45) is 0. The number of hydrogen-bond donors (Lipinski definition) is 3. The topological polar surface area (TPSA) is 95.6 Å². The Bertz CT molecular complexity index is 1140. The molecule has 0 aliphatic heterocycles. The number of benzene rings is 2. The minimum atomic E-state index is -0.0912. The highest BCUT2D eigenvalue weighted by Gasteiger charge is 2.10. The highest BCUT2D eigenvalue weighted by Crippen LogP contribution is 2.33.